The van der Waals surface area contributed by atoms with E-state index in [1.807, 2.05) is 56.3 Å². The van der Waals surface area contributed by atoms with Gasteiger partial charge < -0.3 is 10.6 Å². The predicted molar refractivity (Wildman–Crippen MR) is 105 cm³/mol. The Balaban J connectivity index is 1.62. The Labute approximate surface area is 155 Å². The number of aryl methyl sites for hydroxylation is 1. The molecule has 1 aliphatic carbocycles. The fourth-order valence-corrected chi connectivity index (χ4v) is 3.23. The van der Waals surface area contributed by atoms with Gasteiger partial charge in [-0.05, 0) is 55.0 Å². The molecule has 0 aliphatic heterocycles. The molecule has 0 spiro atoms. The van der Waals surface area contributed by atoms with Crippen molar-refractivity contribution in [1.82, 2.24) is 0 Å². The van der Waals surface area contributed by atoms with E-state index in [1.165, 1.54) is 0 Å². The molecule has 0 aromatic heterocycles. The highest BCUT2D eigenvalue weighted by Crippen LogP contribution is 2.41. The molecule has 4 heteroatoms. The fourth-order valence-electron chi connectivity index (χ4n) is 3.23. The van der Waals surface area contributed by atoms with E-state index >= 15 is 0 Å². The largest absolute Gasteiger partial charge is 0.326 e. The maximum atomic E-state index is 12.5. The summed E-state index contributed by atoms with van der Waals surface area (Å²) in [5.41, 5.74) is 4.98. The molecule has 2 atom stereocenters. The van der Waals surface area contributed by atoms with Gasteiger partial charge in [-0.15, -0.1) is 0 Å². The normalized spacial score (nSPS) is 18.5. The van der Waals surface area contributed by atoms with Crippen LogP contribution in [0.5, 0.6) is 0 Å². The topological polar surface area (TPSA) is 58.2 Å². The van der Waals surface area contributed by atoms with Gasteiger partial charge in [-0.1, -0.05) is 44.2 Å². The van der Waals surface area contributed by atoms with Crippen LogP contribution in [0.4, 0.5) is 11.4 Å². The average Bonchev–Trinajstić information content (AvgIpc) is 3.40. The molecule has 2 N–H and O–H groups in total. The molecule has 0 radical (unpaired) electrons. The number of anilines is 2. The average molecular weight is 350 g/mol. The maximum Gasteiger partial charge on any atom is 0.228 e. The van der Waals surface area contributed by atoms with Crippen LogP contribution in [0, 0.1) is 25.7 Å². The molecule has 1 aliphatic rings. The van der Waals surface area contributed by atoms with Gasteiger partial charge in [0.25, 0.3) is 0 Å². The van der Waals surface area contributed by atoms with Gasteiger partial charge in [0, 0.05) is 11.4 Å². The first kappa shape index (κ1) is 18.2. The molecular weight excluding hydrogens is 324 g/mol. The zero-order valence-electron chi connectivity index (χ0n) is 15.8. The number of para-hydroxylation sites is 1. The third-order valence-electron chi connectivity index (χ3n) is 5.17. The summed E-state index contributed by atoms with van der Waals surface area (Å²) in [5, 5.41) is 5.98. The SMILES string of the molecule is Cc1cccc(NC(=O)C2CC2C(=O)Nc2ccccc2C(C)C)c1C. The van der Waals surface area contributed by atoms with Crippen LogP contribution in [0.15, 0.2) is 42.5 Å². The number of hydrogen-bond donors (Lipinski definition) is 2. The van der Waals surface area contributed by atoms with Crippen molar-refractivity contribution in [3.05, 3.63) is 59.2 Å². The second-order valence-corrected chi connectivity index (χ2v) is 7.42. The number of hydrogen-bond acceptors (Lipinski definition) is 2. The Hall–Kier alpha value is -2.62. The summed E-state index contributed by atoms with van der Waals surface area (Å²) in [6, 6.07) is 13.7. The Morgan fingerprint density at radius 3 is 2.12 bits per heavy atom. The molecule has 1 fully saturated rings. The highest BCUT2D eigenvalue weighted by atomic mass is 16.2. The minimum atomic E-state index is -0.250. The number of rotatable bonds is 5. The summed E-state index contributed by atoms with van der Waals surface area (Å²) in [4.78, 5) is 25.0. The smallest absolute Gasteiger partial charge is 0.228 e. The fraction of sp³-hybridized carbons (Fsp3) is 0.364. The molecule has 0 saturated heterocycles. The van der Waals surface area contributed by atoms with Gasteiger partial charge in [0.1, 0.15) is 0 Å². The number of amides is 2. The van der Waals surface area contributed by atoms with E-state index < -0.39 is 0 Å². The van der Waals surface area contributed by atoms with Crippen LogP contribution < -0.4 is 10.6 Å². The van der Waals surface area contributed by atoms with Gasteiger partial charge in [0.15, 0.2) is 0 Å². The Bertz CT molecular complexity index is 842. The molecular formula is C22H26N2O2. The minimum absolute atomic E-state index is 0.0702. The lowest BCUT2D eigenvalue weighted by atomic mass is 10.0. The van der Waals surface area contributed by atoms with E-state index in [0.717, 1.165) is 28.1 Å². The Kier molecular flexibility index (Phi) is 5.12. The van der Waals surface area contributed by atoms with Crippen LogP contribution in [-0.2, 0) is 9.59 Å². The van der Waals surface area contributed by atoms with Crippen molar-refractivity contribution in [2.75, 3.05) is 10.6 Å². The van der Waals surface area contributed by atoms with Crippen molar-refractivity contribution in [2.24, 2.45) is 11.8 Å². The first-order valence-electron chi connectivity index (χ1n) is 9.15. The van der Waals surface area contributed by atoms with Crippen LogP contribution in [0.3, 0.4) is 0 Å². The van der Waals surface area contributed by atoms with Crippen LogP contribution in [0.2, 0.25) is 0 Å². The zero-order chi connectivity index (χ0) is 18.8. The van der Waals surface area contributed by atoms with E-state index in [1.54, 1.807) is 0 Å². The van der Waals surface area contributed by atoms with Crippen molar-refractivity contribution in [1.29, 1.82) is 0 Å². The number of carbonyl (C=O) groups is 2. The summed E-state index contributed by atoms with van der Waals surface area (Å²) in [6.45, 7) is 8.21. The van der Waals surface area contributed by atoms with Crippen LogP contribution in [-0.4, -0.2) is 11.8 Å². The Morgan fingerprint density at radius 1 is 0.885 bits per heavy atom. The van der Waals surface area contributed by atoms with Crippen molar-refractivity contribution in [3.63, 3.8) is 0 Å². The molecule has 1 saturated carbocycles. The van der Waals surface area contributed by atoms with E-state index in [-0.39, 0.29) is 23.7 Å². The summed E-state index contributed by atoms with van der Waals surface area (Å²) in [6.07, 6.45) is 0.604. The van der Waals surface area contributed by atoms with E-state index in [0.29, 0.717) is 12.3 Å². The lowest BCUT2D eigenvalue weighted by Gasteiger charge is -2.14. The second kappa shape index (κ2) is 7.32. The van der Waals surface area contributed by atoms with Crippen LogP contribution in [0.25, 0.3) is 0 Å². The third-order valence-corrected chi connectivity index (χ3v) is 5.17. The summed E-state index contributed by atoms with van der Waals surface area (Å²) in [5.74, 6) is -0.314. The zero-order valence-corrected chi connectivity index (χ0v) is 15.8. The van der Waals surface area contributed by atoms with E-state index in [2.05, 4.69) is 24.5 Å². The number of benzene rings is 2. The van der Waals surface area contributed by atoms with E-state index in [4.69, 9.17) is 0 Å². The number of nitrogens with one attached hydrogen (secondary N) is 2. The molecule has 2 aromatic carbocycles. The molecule has 0 heterocycles. The first-order chi connectivity index (χ1) is 12.4. The molecule has 2 unspecified atom stereocenters. The lowest BCUT2D eigenvalue weighted by Crippen LogP contribution is -2.21. The molecule has 2 amide bonds. The first-order valence-corrected chi connectivity index (χ1v) is 9.15. The second-order valence-electron chi connectivity index (χ2n) is 7.42. The van der Waals surface area contributed by atoms with E-state index in [9.17, 15) is 9.59 Å². The summed E-state index contributed by atoms with van der Waals surface area (Å²) < 4.78 is 0. The van der Waals surface area contributed by atoms with Gasteiger partial charge >= 0.3 is 0 Å². The molecule has 26 heavy (non-hydrogen) atoms. The maximum absolute atomic E-state index is 12.5. The molecule has 2 aromatic rings. The van der Waals surface area contributed by atoms with Gasteiger partial charge in [0.05, 0.1) is 11.8 Å². The molecule has 0 bridgehead atoms. The number of carbonyl (C=O) groups excluding carboxylic acids is 2. The molecule has 3 rings (SSSR count). The highest BCUT2D eigenvalue weighted by molar-refractivity contribution is 6.03. The van der Waals surface area contributed by atoms with Crippen LogP contribution >= 0.6 is 0 Å². The monoisotopic (exact) mass is 350 g/mol. The van der Waals surface area contributed by atoms with Crippen molar-refractivity contribution < 1.29 is 9.59 Å². The van der Waals surface area contributed by atoms with Crippen molar-refractivity contribution in [3.8, 4) is 0 Å². The van der Waals surface area contributed by atoms with Gasteiger partial charge in [-0.2, -0.15) is 0 Å². The minimum Gasteiger partial charge on any atom is -0.326 e. The molecule has 136 valence electrons. The molecule has 4 nitrogen and oxygen atoms in total. The third kappa shape index (κ3) is 3.79. The quantitative estimate of drug-likeness (QED) is 0.825. The van der Waals surface area contributed by atoms with Gasteiger partial charge in [-0.25, -0.2) is 0 Å². The highest BCUT2D eigenvalue weighted by Gasteiger charge is 2.48. The summed E-state index contributed by atoms with van der Waals surface area (Å²) in [7, 11) is 0. The van der Waals surface area contributed by atoms with Gasteiger partial charge in [0.2, 0.25) is 11.8 Å². The van der Waals surface area contributed by atoms with Gasteiger partial charge in [-0.3, -0.25) is 9.59 Å². The standard InChI is InChI=1S/C22H26N2O2/c1-13(2)16-9-5-6-10-20(16)24-22(26)18-12-17(18)21(25)23-19-11-7-8-14(3)15(19)4/h5-11,13,17-18H,12H2,1-4H3,(H,23,25)(H,24,26). The summed E-state index contributed by atoms with van der Waals surface area (Å²) >= 11 is 0. The predicted octanol–water partition coefficient (Wildman–Crippen LogP) is 4.64. The Morgan fingerprint density at radius 2 is 1.46 bits per heavy atom. The van der Waals surface area contributed by atoms with Crippen molar-refractivity contribution in [2.45, 2.75) is 40.0 Å². The van der Waals surface area contributed by atoms with Crippen LogP contribution in [0.1, 0.15) is 42.9 Å². The lowest BCUT2D eigenvalue weighted by molar-refractivity contribution is -0.122. The van der Waals surface area contributed by atoms with Crippen molar-refractivity contribution >= 4 is 23.2 Å².